The van der Waals surface area contributed by atoms with Gasteiger partial charge in [0.1, 0.15) is 11.4 Å². The fourth-order valence-electron chi connectivity index (χ4n) is 3.57. The van der Waals surface area contributed by atoms with Gasteiger partial charge in [0.25, 0.3) is 11.7 Å². The van der Waals surface area contributed by atoms with Crippen molar-refractivity contribution >= 4 is 17.3 Å². The van der Waals surface area contributed by atoms with E-state index in [-0.39, 0.29) is 22.6 Å². The Morgan fingerprint density at radius 1 is 0.867 bits per heavy atom. The number of hydrogen-bond donors (Lipinski definition) is 3. The number of benzene rings is 2. The zero-order valence-electron chi connectivity index (χ0n) is 15.4. The maximum atomic E-state index is 15.5. The fraction of sp³-hybridized carbons (Fsp3) is 0.143. The Kier molecular flexibility index (Phi) is 4.33. The molecule has 2 aliphatic rings. The van der Waals surface area contributed by atoms with Gasteiger partial charge in [-0.3, -0.25) is 9.59 Å². The van der Waals surface area contributed by atoms with Gasteiger partial charge in [0, 0.05) is 11.1 Å². The van der Waals surface area contributed by atoms with Crippen molar-refractivity contribution in [3.05, 3.63) is 82.3 Å². The van der Waals surface area contributed by atoms with Crippen molar-refractivity contribution in [1.29, 1.82) is 0 Å². The number of carbonyl (C=O) groups excluding carboxylic acids is 2. The van der Waals surface area contributed by atoms with Gasteiger partial charge in [-0.15, -0.1) is 0 Å². The Bertz CT molecular complexity index is 1170. The molecule has 0 amide bonds. The van der Waals surface area contributed by atoms with E-state index >= 15 is 8.78 Å². The molecule has 0 aromatic heterocycles. The first-order valence-electron chi connectivity index (χ1n) is 8.69. The molecule has 154 valence electrons. The number of halogens is 3. The Balaban J connectivity index is 1.93. The van der Waals surface area contributed by atoms with Crippen LogP contribution < -0.4 is 10.1 Å². The molecule has 30 heavy (non-hydrogen) atoms. The highest BCUT2D eigenvalue weighted by molar-refractivity contribution is 6.28. The molecule has 3 N–H and O–H groups in total. The third-order valence-electron chi connectivity index (χ3n) is 4.99. The van der Waals surface area contributed by atoms with Gasteiger partial charge in [-0.05, 0) is 12.1 Å². The lowest BCUT2D eigenvalue weighted by Gasteiger charge is -2.38. The second-order valence-electron chi connectivity index (χ2n) is 6.71. The van der Waals surface area contributed by atoms with Gasteiger partial charge in [-0.1, -0.05) is 36.4 Å². The molecule has 2 aliphatic carbocycles. The summed E-state index contributed by atoms with van der Waals surface area (Å²) in [6, 6.07) is 10.8. The largest absolute Gasteiger partial charge is 0.495 e. The molecule has 2 aromatic carbocycles. The first kappa shape index (κ1) is 19.9. The Morgan fingerprint density at radius 3 is 1.93 bits per heavy atom. The molecule has 0 radical (unpaired) electrons. The number of para-hydroxylation sites is 2. The van der Waals surface area contributed by atoms with Crippen LogP contribution in [0.3, 0.4) is 0 Å². The van der Waals surface area contributed by atoms with E-state index in [4.69, 9.17) is 4.74 Å². The van der Waals surface area contributed by atoms with Crippen LogP contribution in [0.2, 0.25) is 0 Å². The number of hydrogen-bond acceptors (Lipinski definition) is 6. The number of carbonyl (C=O) groups is 2. The molecule has 2 aromatic rings. The molecule has 0 fully saturated rings. The van der Waals surface area contributed by atoms with Crippen LogP contribution >= 0.6 is 0 Å². The summed E-state index contributed by atoms with van der Waals surface area (Å²) < 4.78 is 50.7. The van der Waals surface area contributed by atoms with Crippen molar-refractivity contribution in [2.24, 2.45) is 0 Å². The van der Waals surface area contributed by atoms with Crippen LogP contribution in [0, 0.1) is 0 Å². The van der Waals surface area contributed by atoms with Gasteiger partial charge < -0.3 is 20.3 Å². The molecular weight excluding hydrogens is 403 g/mol. The number of Topliss-reactive ketones (excluding diaryl/α,β-unsaturated/α-hetero) is 2. The van der Waals surface area contributed by atoms with Crippen LogP contribution in [0.5, 0.6) is 5.75 Å². The minimum absolute atomic E-state index is 0.0761. The van der Waals surface area contributed by atoms with Gasteiger partial charge >= 0.3 is 0 Å². The van der Waals surface area contributed by atoms with Crippen LogP contribution in [0.15, 0.2) is 71.2 Å². The number of ether oxygens (including phenoxy) is 1. The highest BCUT2D eigenvalue weighted by atomic mass is 19.2. The highest BCUT2D eigenvalue weighted by Gasteiger charge is 2.61. The Morgan fingerprint density at radius 2 is 1.37 bits per heavy atom. The van der Waals surface area contributed by atoms with E-state index in [1.807, 2.05) is 0 Å². The standard InChI is InChI=1S/C21H14F3NO5/c1-30-13-9-5-4-8-12(13)25-19-18(22)20(23,28)14-15(21(19,24)29)17(27)11-7-3-2-6-10(11)16(14)26/h2-9,25,28-29H,1H3. The average Bonchev–Trinajstić information content (AvgIpc) is 2.72. The van der Waals surface area contributed by atoms with Crippen molar-refractivity contribution in [2.75, 3.05) is 12.4 Å². The minimum atomic E-state index is -4.15. The monoisotopic (exact) mass is 417 g/mol. The predicted octanol–water partition coefficient (Wildman–Crippen LogP) is 2.99. The number of methoxy groups -OCH3 is 1. The van der Waals surface area contributed by atoms with E-state index in [1.54, 1.807) is 6.07 Å². The van der Waals surface area contributed by atoms with E-state index in [9.17, 15) is 24.2 Å². The van der Waals surface area contributed by atoms with Crippen LogP contribution in [-0.2, 0) is 0 Å². The SMILES string of the molecule is COc1ccccc1NC1=C(F)C(O)(F)C2=C(C(=O)c3ccccc3C2=O)C1(O)F. The first-order chi connectivity index (χ1) is 14.1. The molecule has 0 aliphatic heterocycles. The molecule has 0 saturated carbocycles. The van der Waals surface area contributed by atoms with Gasteiger partial charge in [0.2, 0.25) is 0 Å². The van der Waals surface area contributed by atoms with E-state index in [2.05, 4.69) is 5.32 Å². The number of fused-ring (bicyclic) bond motifs is 1. The first-order valence-corrected chi connectivity index (χ1v) is 8.69. The van der Waals surface area contributed by atoms with Crippen LogP contribution in [-0.4, -0.2) is 40.6 Å². The van der Waals surface area contributed by atoms with E-state index in [1.165, 1.54) is 43.5 Å². The lowest BCUT2D eigenvalue weighted by atomic mass is 9.74. The van der Waals surface area contributed by atoms with Gasteiger partial charge in [-0.2, -0.15) is 8.78 Å². The van der Waals surface area contributed by atoms with E-state index in [0.29, 0.717) is 0 Å². The van der Waals surface area contributed by atoms with E-state index < -0.39 is 45.9 Å². The molecule has 0 spiro atoms. The van der Waals surface area contributed by atoms with Crippen LogP contribution in [0.1, 0.15) is 20.7 Å². The summed E-state index contributed by atoms with van der Waals surface area (Å²) >= 11 is 0. The quantitative estimate of drug-likeness (QED) is 0.711. The number of nitrogens with one attached hydrogen (secondary N) is 1. The number of rotatable bonds is 3. The lowest BCUT2D eigenvalue weighted by molar-refractivity contribution is -0.0710. The maximum absolute atomic E-state index is 15.5. The Labute approximate surface area is 167 Å². The molecule has 2 atom stereocenters. The average molecular weight is 417 g/mol. The number of ketones is 2. The third kappa shape index (κ3) is 2.59. The van der Waals surface area contributed by atoms with Crippen molar-refractivity contribution in [2.45, 2.75) is 11.7 Å². The third-order valence-corrected chi connectivity index (χ3v) is 4.99. The van der Waals surface area contributed by atoms with Crippen LogP contribution in [0.4, 0.5) is 18.9 Å². The summed E-state index contributed by atoms with van der Waals surface area (Å²) in [6.07, 6.45) is 0. The summed E-state index contributed by atoms with van der Waals surface area (Å²) in [5.74, 6) is -12.8. The van der Waals surface area contributed by atoms with Crippen molar-refractivity contribution < 1.29 is 37.7 Å². The molecule has 6 nitrogen and oxygen atoms in total. The zero-order valence-corrected chi connectivity index (χ0v) is 15.4. The second-order valence-corrected chi connectivity index (χ2v) is 6.71. The highest BCUT2D eigenvalue weighted by Crippen LogP contribution is 2.50. The summed E-state index contributed by atoms with van der Waals surface area (Å²) in [6.45, 7) is 0. The minimum Gasteiger partial charge on any atom is -0.495 e. The van der Waals surface area contributed by atoms with Crippen molar-refractivity contribution in [1.82, 2.24) is 0 Å². The van der Waals surface area contributed by atoms with Crippen LogP contribution in [0.25, 0.3) is 0 Å². The van der Waals surface area contributed by atoms with Gasteiger partial charge in [0.05, 0.1) is 23.9 Å². The predicted molar refractivity (Wildman–Crippen MR) is 99.0 cm³/mol. The lowest BCUT2D eigenvalue weighted by Crippen LogP contribution is -2.50. The number of alkyl halides is 2. The zero-order chi connectivity index (χ0) is 21.8. The number of aliphatic hydroxyl groups is 2. The molecule has 2 unspecified atom stereocenters. The topological polar surface area (TPSA) is 95.9 Å². The molecule has 9 heteroatoms. The van der Waals surface area contributed by atoms with Crippen molar-refractivity contribution in [3.63, 3.8) is 0 Å². The normalized spacial score (nSPS) is 25.8. The molecular formula is C21H14F3NO5. The molecule has 0 bridgehead atoms. The molecule has 4 rings (SSSR count). The van der Waals surface area contributed by atoms with Gasteiger partial charge in [0.15, 0.2) is 17.4 Å². The molecule has 0 saturated heterocycles. The van der Waals surface area contributed by atoms with E-state index in [0.717, 1.165) is 6.07 Å². The second kappa shape index (κ2) is 6.54. The summed E-state index contributed by atoms with van der Waals surface area (Å²) in [5, 5.41) is 22.8. The summed E-state index contributed by atoms with van der Waals surface area (Å²) in [5.41, 5.74) is -5.12. The fourth-order valence-corrected chi connectivity index (χ4v) is 3.57. The molecule has 0 heterocycles. The maximum Gasteiger partial charge on any atom is 0.292 e. The Hall–Kier alpha value is -3.43. The summed E-state index contributed by atoms with van der Waals surface area (Å²) in [7, 11) is 1.26. The summed E-state index contributed by atoms with van der Waals surface area (Å²) in [4.78, 5) is 25.5. The smallest absolute Gasteiger partial charge is 0.292 e. The van der Waals surface area contributed by atoms with Gasteiger partial charge in [-0.25, -0.2) is 4.39 Å². The number of anilines is 1. The van der Waals surface area contributed by atoms with Crippen molar-refractivity contribution in [3.8, 4) is 5.75 Å².